The topological polar surface area (TPSA) is 58.1 Å². The summed E-state index contributed by atoms with van der Waals surface area (Å²) in [7, 11) is 0. The molecule has 0 atom stereocenters. The highest BCUT2D eigenvalue weighted by Gasteiger charge is 2.17. The molecule has 0 aliphatic carbocycles. The number of hydrogen-bond acceptors (Lipinski definition) is 4. The second-order valence-corrected chi connectivity index (χ2v) is 7.35. The third kappa shape index (κ3) is 3.55. The van der Waals surface area contributed by atoms with Crippen LogP contribution in [0.3, 0.4) is 0 Å². The summed E-state index contributed by atoms with van der Waals surface area (Å²) in [6, 6.07) is 13.5. The maximum Gasteiger partial charge on any atom is 0.251 e. The van der Waals surface area contributed by atoms with Crippen molar-refractivity contribution < 1.29 is 4.79 Å². The van der Waals surface area contributed by atoms with Crippen molar-refractivity contribution in [2.24, 2.45) is 0 Å². The predicted molar refractivity (Wildman–Crippen MR) is 106 cm³/mol. The molecule has 2 aromatic carbocycles. The second-order valence-electron chi connectivity index (χ2n) is 6.43. The minimum atomic E-state index is -0.0916. The molecule has 0 saturated carbocycles. The van der Waals surface area contributed by atoms with Gasteiger partial charge in [-0.05, 0) is 48.7 Å². The van der Waals surface area contributed by atoms with E-state index in [4.69, 9.17) is 0 Å². The maximum atomic E-state index is 12.6. The van der Waals surface area contributed by atoms with E-state index in [1.165, 1.54) is 12.8 Å². The summed E-state index contributed by atoms with van der Waals surface area (Å²) < 4.78 is 1.02. The van der Waals surface area contributed by atoms with Gasteiger partial charge in [0.2, 0.25) is 0 Å². The molecule has 1 fully saturated rings. The largest absolute Gasteiger partial charge is 0.356 e. The van der Waals surface area contributed by atoms with Crippen molar-refractivity contribution in [3.05, 3.63) is 64.4 Å². The number of nitrogens with zero attached hydrogens (tertiary/aromatic N) is 3. The fourth-order valence-electron chi connectivity index (χ4n) is 3.25. The van der Waals surface area contributed by atoms with Crippen molar-refractivity contribution in [1.82, 2.24) is 15.3 Å². The maximum absolute atomic E-state index is 12.6. The molecule has 1 aliphatic rings. The summed E-state index contributed by atoms with van der Waals surface area (Å²) in [4.78, 5) is 23.7. The predicted octanol–water partition coefficient (Wildman–Crippen LogP) is 3.92. The fourth-order valence-corrected chi connectivity index (χ4v) is 3.52. The summed E-state index contributed by atoms with van der Waals surface area (Å²) in [6.07, 6.45) is 3.96. The monoisotopic (exact) mass is 410 g/mol. The Morgan fingerprint density at radius 3 is 2.62 bits per heavy atom. The number of rotatable bonds is 4. The van der Waals surface area contributed by atoms with Crippen molar-refractivity contribution in [1.29, 1.82) is 0 Å². The van der Waals surface area contributed by atoms with E-state index in [9.17, 15) is 4.79 Å². The standard InChI is InChI=1S/C20H19BrN4O/c21-16-6-3-14(4-7-16)12-22-20(26)15-5-8-18-17(11-15)19(24-13-23-18)25-9-1-2-10-25/h3-8,11,13H,1-2,9-10,12H2,(H,22,26). The van der Waals surface area contributed by atoms with E-state index in [1.54, 1.807) is 6.33 Å². The molecule has 26 heavy (non-hydrogen) atoms. The van der Waals surface area contributed by atoms with Gasteiger partial charge >= 0.3 is 0 Å². The van der Waals surface area contributed by atoms with E-state index < -0.39 is 0 Å². The van der Waals surface area contributed by atoms with E-state index in [0.717, 1.165) is 39.8 Å². The van der Waals surface area contributed by atoms with Crippen LogP contribution < -0.4 is 10.2 Å². The van der Waals surface area contributed by atoms with Crippen LogP contribution in [0.1, 0.15) is 28.8 Å². The van der Waals surface area contributed by atoms with E-state index in [-0.39, 0.29) is 5.91 Å². The quantitative estimate of drug-likeness (QED) is 0.707. The molecular weight excluding hydrogens is 392 g/mol. The molecule has 0 unspecified atom stereocenters. The first-order valence-corrected chi connectivity index (χ1v) is 9.52. The van der Waals surface area contributed by atoms with Gasteiger partial charge in [0.25, 0.3) is 5.91 Å². The highest BCUT2D eigenvalue weighted by Crippen LogP contribution is 2.26. The first-order chi connectivity index (χ1) is 12.7. The number of anilines is 1. The number of aromatic nitrogens is 2. The van der Waals surface area contributed by atoms with Gasteiger partial charge in [-0.2, -0.15) is 0 Å². The Morgan fingerprint density at radius 1 is 1.08 bits per heavy atom. The molecule has 0 radical (unpaired) electrons. The lowest BCUT2D eigenvalue weighted by Gasteiger charge is -2.18. The Morgan fingerprint density at radius 2 is 1.85 bits per heavy atom. The Hall–Kier alpha value is -2.47. The zero-order valence-electron chi connectivity index (χ0n) is 14.3. The molecule has 1 N–H and O–H groups in total. The number of nitrogens with one attached hydrogen (secondary N) is 1. The van der Waals surface area contributed by atoms with Crippen molar-refractivity contribution >= 4 is 38.6 Å². The minimum Gasteiger partial charge on any atom is -0.356 e. The van der Waals surface area contributed by atoms with Crippen molar-refractivity contribution in [3.63, 3.8) is 0 Å². The highest BCUT2D eigenvalue weighted by atomic mass is 79.9. The number of carbonyl (C=O) groups is 1. The van der Waals surface area contributed by atoms with E-state index in [2.05, 4.69) is 36.1 Å². The van der Waals surface area contributed by atoms with Gasteiger partial charge in [0.1, 0.15) is 12.1 Å². The lowest BCUT2D eigenvalue weighted by atomic mass is 10.1. The molecule has 1 saturated heterocycles. The average Bonchev–Trinajstić information content (AvgIpc) is 3.21. The number of benzene rings is 2. The van der Waals surface area contributed by atoms with Gasteiger partial charge in [-0.15, -0.1) is 0 Å². The molecule has 6 heteroatoms. The van der Waals surface area contributed by atoms with Crippen LogP contribution in [-0.2, 0) is 6.54 Å². The molecule has 5 nitrogen and oxygen atoms in total. The molecule has 0 spiro atoms. The molecule has 1 amide bonds. The lowest BCUT2D eigenvalue weighted by molar-refractivity contribution is 0.0951. The van der Waals surface area contributed by atoms with Crippen LogP contribution in [0.5, 0.6) is 0 Å². The molecule has 2 heterocycles. The van der Waals surface area contributed by atoms with Gasteiger partial charge in [-0.1, -0.05) is 28.1 Å². The number of halogens is 1. The zero-order valence-corrected chi connectivity index (χ0v) is 15.9. The molecule has 4 rings (SSSR count). The Kier molecular flexibility index (Phi) is 4.84. The second kappa shape index (κ2) is 7.41. The van der Waals surface area contributed by atoms with Crippen molar-refractivity contribution in [2.75, 3.05) is 18.0 Å². The SMILES string of the molecule is O=C(NCc1ccc(Br)cc1)c1ccc2ncnc(N3CCCC3)c2c1. The summed E-state index contributed by atoms with van der Waals surface area (Å²) in [6.45, 7) is 2.51. The minimum absolute atomic E-state index is 0.0916. The van der Waals surface area contributed by atoms with E-state index in [0.29, 0.717) is 12.1 Å². The molecule has 132 valence electrons. The third-order valence-corrected chi connectivity index (χ3v) is 5.18. The van der Waals surface area contributed by atoms with Crippen LogP contribution >= 0.6 is 15.9 Å². The molecular formula is C20H19BrN4O. The summed E-state index contributed by atoms with van der Waals surface area (Å²) >= 11 is 3.42. The summed E-state index contributed by atoms with van der Waals surface area (Å²) in [5.41, 5.74) is 2.56. The van der Waals surface area contributed by atoms with Crippen LogP contribution in [0.4, 0.5) is 5.82 Å². The van der Waals surface area contributed by atoms with Crippen molar-refractivity contribution in [2.45, 2.75) is 19.4 Å². The number of amides is 1. The van der Waals surface area contributed by atoms with Crippen LogP contribution in [0.25, 0.3) is 10.9 Å². The molecule has 1 aromatic heterocycles. The fraction of sp³-hybridized carbons (Fsp3) is 0.250. The third-order valence-electron chi connectivity index (χ3n) is 4.65. The van der Waals surface area contributed by atoms with Gasteiger partial charge in [0.15, 0.2) is 0 Å². The van der Waals surface area contributed by atoms with Crippen molar-refractivity contribution in [3.8, 4) is 0 Å². The van der Waals surface area contributed by atoms with Gasteiger partial charge in [-0.25, -0.2) is 9.97 Å². The number of hydrogen-bond donors (Lipinski definition) is 1. The number of carbonyl (C=O) groups excluding carboxylic acids is 1. The van der Waals surface area contributed by atoms with Gasteiger partial charge in [-0.3, -0.25) is 4.79 Å². The van der Waals surface area contributed by atoms with Crippen LogP contribution in [0.2, 0.25) is 0 Å². The van der Waals surface area contributed by atoms with Gasteiger partial charge < -0.3 is 10.2 Å². The Balaban J connectivity index is 1.56. The number of fused-ring (bicyclic) bond motifs is 1. The zero-order chi connectivity index (χ0) is 17.9. The molecule has 3 aromatic rings. The summed E-state index contributed by atoms with van der Waals surface area (Å²) in [5, 5.41) is 3.92. The van der Waals surface area contributed by atoms with Crippen LogP contribution in [0, 0.1) is 0 Å². The first-order valence-electron chi connectivity index (χ1n) is 8.73. The average molecular weight is 411 g/mol. The van der Waals surface area contributed by atoms with Crippen LogP contribution in [-0.4, -0.2) is 29.0 Å². The van der Waals surface area contributed by atoms with Gasteiger partial charge in [0.05, 0.1) is 5.52 Å². The van der Waals surface area contributed by atoms with E-state index >= 15 is 0 Å². The summed E-state index contributed by atoms with van der Waals surface area (Å²) in [5.74, 6) is 0.834. The van der Waals surface area contributed by atoms with Gasteiger partial charge in [0, 0.05) is 35.1 Å². The Labute approximate surface area is 160 Å². The Bertz CT molecular complexity index is 936. The normalized spacial score (nSPS) is 14.0. The smallest absolute Gasteiger partial charge is 0.251 e. The molecule has 1 aliphatic heterocycles. The van der Waals surface area contributed by atoms with E-state index in [1.807, 2.05) is 42.5 Å². The molecule has 0 bridgehead atoms. The highest BCUT2D eigenvalue weighted by molar-refractivity contribution is 9.10. The lowest BCUT2D eigenvalue weighted by Crippen LogP contribution is -2.23. The van der Waals surface area contributed by atoms with Crippen LogP contribution in [0.15, 0.2) is 53.3 Å². The first kappa shape index (κ1) is 17.0.